The molecule has 0 atom stereocenters. The highest BCUT2D eigenvalue weighted by molar-refractivity contribution is 6.25. The largest absolute Gasteiger partial charge is 0.478 e. The van der Waals surface area contributed by atoms with Gasteiger partial charge in [0.25, 0.3) is 0 Å². The lowest BCUT2D eigenvalue weighted by Crippen LogP contribution is -2.20. The lowest BCUT2D eigenvalue weighted by atomic mass is 9.85. The lowest BCUT2D eigenvalue weighted by Gasteiger charge is -2.22. The summed E-state index contributed by atoms with van der Waals surface area (Å²) < 4.78 is 1.57. The number of ketones is 1. The lowest BCUT2D eigenvalue weighted by molar-refractivity contribution is -0.132. The van der Waals surface area contributed by atoms with Gasteiger partial charge in [0.05, 0.1) is 17.6 Å². The highest BCUT2D eigenvalue weighted by Crippen LogP contribution is 2.36. The normalized spacial score (nSPS) is 15.4. The molecule has 0 spiro atoms. The Morgan fingerprint density at radius 3 is 2.59 bits per heavy atom. The van der Waals surface area contributed by atoms with Crippen LogP contribution in [0.3, 0.4) is 0 Å². The van der Waals surface area contributed by atoms with Crippen molar-refractivity contribution in [2.45, 2.75) is 13.3 Å². The molecule has 110 valence electrons. The fraction of sp³-hybridized carbons (Fsp3) is 0.118. The molecule has 0 saturated carbocycles. The molecule has 5 nitrogen and oxygen atoms in total. The summed E-state index contributed by atoms with van der Waals surface area (Å²) in [6.45, 7) is 1.67. The van der Waals surface area contributed by atoms with Gasteiger partial charge in [0.1, 0.15) is 0 Å². The summed E-state index contributed by atoms with van der Waals surface area (Å²) in [4.78, 5) is 28.2. The van der Waals surface area contributed by atoms with Gasteiger partial charge in [0, 0.05) is 18.8 Å². The number of carbonyl (C=O) groups excluding carboxylic acids is 1. The van der Waals surface area contributed by atoms with Crippen molar-refractivity contribution in [3.63, 3.8) is 0 Å². The molecule has 1 aromatic carbocycles. The van der Waals surface area contributed by atoms with Crippen LogP contribution in [0.4, 0.5) is 0 Å². The van der Waals surface area contributed by atoms with Crippen molar-refractivity contribution >= 4 is 23.0 Å². The maximum atomic E-state index is 12.5. The fourth-order valence-electron chi connectivity index (χ4n) is 2.79. The Kier molecular flexibility index (Phi) is 3.47. The van der Waals surface area contributed by atoms with Crippen LogP contribution in [0.15, 0.2) is 60.2 Å². The Labute approximate surface area is 127 Å². The second-order valence-corrected chi connectivity index (χ2v) is 5.07. The summed E-state index contributed by atoms with van der Waals surface area (Å²) in [5.41, 5.74) is 2.33. The molecule has 0 unspecified atom stereocenters. The third kappa shape index (κ3) is 2.26. The zero-order chi connectivity index (χ0) is 15.7. The predicted octanol–water partition coefficient (Wildman–Crippen LogP) is 2.63. The van der Waals surface area contributed by atoms with Gasteiger partial charge in [-0.3, -0.25) is 4.79 Å². The van der Waals surface area contributed by atoms with Crippen LogP contribution in [0.2, 0.25) is 0 Å². The summed E-state index contributed by atoms with van der Waals surface area (Å²) in [6.07, 6.45) is 4.77. The Bertz CT molecular complexity index is 800. The van der Waals surface area contributed by atoms with E-state index in [0.717, 1.165) is 5.56 Å². The van der Waals surface area contributed by atoms with Crippen molar-refractivity contribution in [3.05, 3.63) is 65.8 Å². The highest BCUT2D eigenvalue weighted by Gasteiger charge is 2.30. The number of benzene rings is 1. The number of hydrogen-bond acceptors (Lipinski definition) is 3. The maximum Gasteiger partial charge on any atom is 0.336 e. The summed E-state index contributed by atoms with van der Waals surface area (Å²) in [5, 5.41) is 9.61. The quantitative estimate of drug-likeness (QED) is 0.944. The minimum absolute atomic E-state index is 0.0660. The van der Waals surface area contributed by atoms with Gasteiger partial charge in [-0.1, -0.05) is 30.3 Å². The summed E-state index contributed by atoms with van der Waals surface area (Å²) >= 11 is 0. The van der Waals surface area contributed by atoms with Crippen molar-refractivity contribution < 1.29 is 14.7 Å². The van der Waals surface area contributed by atoms with Crippen LogP contribution in [0, 0.1) is 0 Å². The molecule has 1 aliphatic rings. The van der Waals surface area contributed by atoms with Crippen molar-refractivity contribution in [3.8, 4) is 0 Å². The Morgan fingerprint density at radius 2 is 2.00 bits per heavy atom. The van der Waals surface area contributed by atoms with E-state index < -0.39 is 5.97 Å². The van der Waals surface area contributed by atoms with E-state index in [1.165, 1.54) is 6.33 Å². The summed E-state index contributed by atoms with van der Waals surface area (Å²) in [6, 6.07) is 9.16. The average Bonchev–Trinajstić information content (AvgIpc) is 3.01. The Morgan fingerprint density at radius 1 is 1.27 bits per heavy atom. The smallest absolute Gasteiger partial charge is 0.336 e. The van der Waals surface area contributed by atoms with Gasteiger partial charge in [0.15, 0.2) is 5.78 Å². The van der Waals surface area contributed by atoms with Crippen molar-refractivity contribution in [2.24, 2.45) is 0 Å². The van der Waals surface area contributed by atoms with E-state index in [0.29, 0.717) is 16.8 Å². The van der Waals surface area contributed by atoms with Gasteiger partial charge in [-0.05, 0) is 23.6 Å². The SMILES string of the molecule is CC1=C(n2ccnc2)C(=O)CC(c2ccccc2)=C1C(=O)O. The van der Waals surface area contributed by atoms with Crippen LogP contribution in [0.25, 0.3) is 11.3 Å². The van der Waals surface area contributed by atoms with Gasteiger partial charge in [-0.15, -0.1) is 0 Å². The molecule has 3 rings (SSSR count). The molecule has 0 saturated heterocycles. The van der Waals surface area contributed by atoms with Crippen LogP contribution >= 0.6 is 0 Å². The first-order chi connectivity index (χ1) is 10.6. The molecule has 1 aromatic heterocycles. The first-order valence-electron chi connectivity index (χ1n) is 6.84. The zero-order valence-corrected chi connectivity index (χ0v) is 12.0. The van der Waals surface area contributed by atoms with Crippen molar-refractivity contribution in [1.29, 1.82) is 0 Å². The van der Waals surface area contributed by atoms with Gasteiger partial charge >= 0.3 is 5.97 Å². The summed E-state index contributed by atoms with van der Waals surface area (Å²) in [7, 11) is 0. The predicted molar refractivity (Wildman–Crippen MR) is 81.7 cm³/mol. The molecule has 1 N–H and O–H groups in total. The monoisotopic (exact) mass is 294 g/mol. The number of rotatable bonds is 3. The van der Waals surface area contributed by atoms with Gasteiger partial charge in [-0.25, -0.2) is 9.78 Å². The standard InChI is InChI=1S/C17H14N2O3/c1-11-15(17(21)22)13(12-5-3-2-4-6-12)9-14(20)16(11)19-8-7-18-10-19/h2-8,10H,9H2,1H3,(H,21,22). The van der Waals surface area contributed by atoms with Gasteiger partial charge in [0.2, 0.25) is 0 Å². The number of imidazole rings is 1. The van der Waals surface area contributed by atoms with E-state index in [9.17, 15) is 14.7 Å². The van der Waals surface area contributed by atoms with Crippen LogP contribution in [0.1, 0.15) is 18.9 Å². The number of carboxylic acids is 1. The number of Topliss-reactive ketones (excluding diaryl/α,β-unsaturated/α-hetero) is 1. The molecular weight excluding hydrogens is 280 g/mol. The van der Waals surface area contributed by atoms with E-state index in [1.54, 1.807) is 23.9 Å². The zero-order valence-electron chi connectivity index (χ0n) is 12.0. The Hall–Kier alpha value is -2.95. The molecule has 0 aliphatic heterocycles. The Balaban J connectivity index is 2.25. The van der Waals surface area contributed by atoms with E-state index >= 15 is 0 Å². The third-order valence-corrected chi connectivity index (χ3v) is 3.73. The van der Waals surface area contributed by atoms with E-state index in [1.807, 2.05) is 30.3 Å². The van der Waals surface area contributed by atoms with Gasteiger partial charge in [-0.2, -0.15) is 0 Å². The first-order valence-corrected chi connectivity index (χ1v) is 6.84. The minimum Gasteiger partial charge on any atom is -0.478 e. The second-order valence-electron chi connectivity index (χ2n) is 5.07. The van der Waals surface area contributed by atoms with Crippen LogP contribution < -0.4 is 0 Å². The number of hydrogen-bond donors (Lipinski definition) is 1. The number of nitrogens with zero attached hydrogens (tertiary/aromatic N) is 2. The maximum absolute atomic E-state index is 12.5. The van der Waals surface area contributed by atoms with E-state index in [2.05, 4.69) is 4.98 Å². The molecule has 5 heteroatoms. The van der Waals surface area contributed by atoms with Crippen molar-refractivity contribution in [2.75, 3.05) is 0 Å². The molecule has 22 heavy (non-hydrogen) atoms. The molecular formula is C17H14N2O3. The molecule has 0 bridgehead atoms. The molecule has 1 aliphatic carbocycles. The van der Waals surface area contributed by atoms with E-state index in [4.69, 9.17) is 0 Å². The first kappa shape index (κ1) is 14.0. The van der Waals surface area contributed by atoms with Crippen molar-refractivity contribution in [1.82, 2.24) is 9.55 Å². The van der Waals surface area contributed by atoms with Gasteiger partial charge < -0.3 is 9.67 Å². The second kappa shape index (κ2) is 5.44. The van der Waals surface area contributed by atoms with Crippen LogP contribution in [-0.2, 0) is 9.59 Å². The number of aromatic nitrogens is 2. The van der Waals surface area contributed by atoms with E-state index in [-0.39, 0.29) is 17.8 Å². The minimum atomic E-state index is -1.03. The molecule has 0 radical (unpaired) electrons. The van der Waals surface area contributed by atoms with Crippen LogP contribution in [0.5, 0.6) is 0 Å². The highest BCUT2D eigenvalue weighted by atomic mass is 16.4. The number of aliphatic carboxylic acids is 1. The number of allylic oxidation sites excluding steroid dienone is 2. The molecule has 2 aromatic rings. The summed E-state index contributed by atoms with van der Waals surface area (Å²) in [5.74, 6) is -1.14. The van der Waals surface area contributed by atoms with Crippen LogP contribution in [-0.4, -0.2) is 26.4 Å². The average molecular weight is 294 g/mol. The number of carboxylic acid groups (broad SMARTS) is 1. The third-order valence-electron chi connectivity index (χ3n) is 3.73. The molecule has 0 fully saturated rings. The molecule has 0 amide bonds. The fourth-order valence-corrected chi connectivity index (χ4v) is 2.79. The topological polar surface area (TPSA) is 72.2 Å². The number of carbonyl (C=O) groups is 2. The molecule has 1 heterocycles.